The van der Waals surface area contributed by atoms with E-state index in [1.54, 1.807) is 0 Å². The molecular weight excluding hydrogens is 289 g/mol. The predicted molar refractivity (Wildman–Crippen MR) is 66.7 cm³/mol. The third-order valence-corrected chi connectivity index (χ3v) is 2.82. The molecule has 0 bridgehead atoms. The number of rotatable bonds is 3. The molecule has 1 aromatic heterocycles. The van der Waals surface area contributed by atoms with E-state index in [1.165, 1.54) is 32.0 Å². The van der Waals surface area contributed by atoms with Crippen molar-refractivity contribution in [3.05, 3.63) is 51.1 Å². The Morgan fingerprint density at radius 3 is 2.52 bits per heavy atom. The van der Waals surface area contributed by atoms with Crippen molar-refractivity contribution >= 4 is 5.69 Å². The molecule has 2 aromatic rings. The maximum atomic E-state index is 12.8. The van der Waals surface area contributed by atoms with E-state index in [0.29, 0.717) is 11.1 Å². The highest BCUT2D eigenvalue weighted by molar-refractivity contribution is 5.41. The second kappa shape index (κ2) is 5.15. The Bertz CT molecular complexity index is 694. The van der Waals surface area contributed by atoms with Crippen LogP contribution < -0.4 is 0 Å². The molecule has 21 heavy (non-hydrogen) atoms. The van der Waals surface area contributed by atoms with Gasteiger partial charge in [0.05, 0.1) is 11.5 Å². The molecular formula is C12H11F3N4O2. The van der Waals surface area contributed by atoms with E-state index in [0.717, 1.165) is 4.68 Å². The summed E-state index contributed by atoms with van der Waals surface area (Å²) < 4.78 is 39.1. The number of aryl methyl sites for hydroxylation is 2. The summed E-state index contributed by atoms with van der Waals surface area (Å²) >= 11 is 0. The van der Waals surface area contributed by atoms with Crippen LogP contribution in [0.1, 0.15) is 22.8 Å². The number of alkyl halides is 3. The molecule has 0 atom stereocenters. The van der Waals surface area contributed by atoms with Gasteiger partial charge in [0.15, 0.2) is 0 Å². The van der Waals surface area contributed by atoms with Gasteiger partial charge < -0.3 is 0 Å². The highest BCUT2D eigenvalue weighted by atomic mass is 19.4. The van der Waals surface area contributed by atoms with Gasteiger partial charge in [-0.2, -0.15) is 18.3 Å². The number of nitro groups is 1. The zero-order chi connectivity index (χ0) is 15.8. The summed E-state index contributed by atoms with van der Waals surface area (Å²) in [5.41, 5.74) is 0.779. The first-order valence-corrected chi connectivity index (χ1v) is 5.91. The van der Waals surface area contributed by atoms with Crippen molar-refractivity contribution in [3.8, 4) is 0 Å². The van der Waals surface area contributed by atoms with Crippen molar-refractivity contribution in [2.45, 2.75) is 26.6 Å². The molecule has 0 spiro atoms. The maximum Gasteiger partial charge on any atom is 0.451 e. The number of hydrogen-bond acceptors (Lipinski definition) is 4. The Morgan fingerprint density at radius 1 is 1.33 bits per heavy atom. The van der Waals surface area contributed by atoms with Crippen molar-refractivity contribution in [3.63, 3.8) is 0 Å². The molecule has 0 aliphatic carbocycles. The lowest BCUT2D eigenvalue weighted by Gasteiger charge is -2.09. The average molecular weight is 300 g/mol. The van der Waals surface area contributed by atoms with Gasteiger partial charge in [0, 0.05) is 11.6 Å². The van der Waals surface area contributed by atoms with Gasteiger partial charge in [-0.15, -0.1) is 0 Å². The highest BCUT2D eigenvalue weighted by Crippen LogP contribution is 2.28. The van der Waals surface area contributed by atoms with E-state index < -0.39 is 16.9 Å². The van der Waals surface area contributed by atoms with Gasteiger partial charge in [0.1, 0.15) is 5.82 Å². The third-order valence-electron chi connectivity index (χ3n) is 2.82. The molecule has 0 aliphatic heterocycles. The van der Waals surface area contributed by atoms with Gasteiger partial charge in [0.25, 0.3) is 5.69 Å². The van der Waals surface area contributed by atoms with Gasteiger partial charge in [-0.05, 0) is 25.5 Å². The zero-order valence-corrected chi connectivity index (χ0v) is 11.2. The summed E-state index contributed by atoms with van der Waals surface area (Å²) in [7, 11) is 0. The van der Waals surface area contributed by atoms with Crippen molar-refractivity contribution in [1.29, 1.82) is 0 Å². The summed E-state index contributed by atoms with van der Waals surface area (Å²) in [5.74, 6) is -1.07. The number of aromatic nitrogens is 3. The van der Waals surface area contributed by atoms with Crippen LogP contribution in [-0.2, 0) is 12.7 Å². The van der Waals surface area contributed by atoms with Crippen molar-refractivity contribution in [2.24, 2.45) is 0 Å². The number of nitro benzene ring substituents is 1. The summed E-state index contributed by atoms with van der Waals surface area (Å²) in [6.07, 6.45) is -4.60. The van der Waals surface area contributed by atoms with Crippen LogP contribution in [0.25, 0.3) is 0 Å². The molecule has 1 heterocycles. The largest absolute Gasteiger partial charge is 0.451 e. The van der Waals surface area contributed by atoms with Gasteiger partial charge >= 0.3 is 6.18 Å². The second-order valence-electron chi connectivity index (χ2n) is 4.52. The minimum Gasteiger partial charge on any atom is -0.258 e. The van der Waals surface area contributed by atoms with E-state index in [1.807, 2.05) is 0 Å². The van der Waals surface area contributed by atoms with Crippen LogP contribution in [0.15, 0.2) is 18.2 Å². The molecule has 0 saturated heterocycles. The average Bonchev–Trinajstić information content (AvgIpc) is 2.69. The minimum absolute atomic E-state index is 0.0148. The molecule has 0 radical (unpaired) electrons. The molecule has 112 valence electrons. The molecule has 0 aliphatic rings. The predicted octanol–water partition coefficient (Wildman–Crippen LogP) is 2.87. The van der Waals surface area contributed by atoms with Crippen LogP contribution >= 0.6 is 0 Å². The molecule has 6 nitrogen and oxygen atoms in total. The van der Waals surface area contributed by atoms with Crippen LogP contribution in [0.3, 0.4) is 0 Å². The topological polar surface area (TPSA) is 73.8 Å². The lowest BCUT2D eigenvalue weighted by atomic mass is 10.1. The fourth-order valence-corrected chi connectivity index (χ4v) is 1.97. The Morgan fingerprint density at radius 2 is 2.00 bits per heavy atom. The summed E-state index contributed by atoms with van der Waals surface area (Å²) in [5, 5.41) is 14.4. The normalized spacial score (nSPS) is 11.7. The number of nitrogens with zero attached hydrogens (tertiary/aromatic N) is 4. The standard InChI is InChI=1S/C12H11F3N4O2/c1-7-5-9(3-4-10(7)19(20)21)6-18-11(12(13,14)15)16-8(2)17-18/h3-5H,6H2,1-2H3. The molecule has 9 heteroatoms. The lowest BCUT2D eigenvalue weighted by molar-refractivity contribution is -0.385. The van der Waals surface area contributed by atoms with E-state index in [9.17, 15) is 23.3 Å². The fraction of sp³-hybridized carbons (Fsp3) is 0.333. The minimum atomic E-state index is -4.60. The molecule has 2 rings (SSSR count). The Kier molecular flexibility index (Phi) is 3.67. The van der Waals surface area contributed by atoms with Crippen LogP contribution in [0.4, 0.5) is 18.9 Å². The summed E-state index contributed by atoms with van der Waals surface area (Å²) in [6, 6.07) is 4.14. The Labute approximate surface area is 117 Å². The van der Waals surface area contributed by atoms with Gasteiger partial charge in [-0.3, -0.25) is 10.1 Å². The summed E-state index contributed by atoms with van der Waals surface area (Å²) in [4.78, 5) is 13.5. The third kappa shape index (κ3) is 3.18. The Hall–Kier alpha value is -2.45. The zero-order valence-electron chi connectivity index (χ0n) is 11.2. The SMILES string of the molecule is Cc1nc(C(F)(F)F)n(Cc2ccc([N+](=O)[O-])c(C)c2)n1. The number of benzene rings is 1. The second-order valence-corrected chi connectivity index (χ2v) is 4.52. The number of hydrogen-bond donors (Lipinski definition) is 0. The molecule has 0 N–H and O–H groups in total. The van der Waals surface area contributed by atoms with Crippen LogP contribution in [0.2, 0.25) is 0 Å². The highest BCUT2D eigenvalue weighted by Gasteiger charge is 2.37. The van der Waals surface area contributed by atoms with E-state index >= 15 is 0 Å². The van der Waals surface area contributed by atoms with Crippen molar-refractivity contribution < 1.29 is 18.1 Å². The van der Waals surface area contributed by atoms with E-state index in [4.69, 9.17) is 0 Å². The monoisotopic (exact) mass is 300 g/mol. The first-order valence-electron chi connectivity index (χ1n) is 5.91. The number of halogens is 3. The van der Waals surface area contributed by atoms with Crippen LogP contribution in [0.5, 0.6) is 0 Å². The molecule has 0 saturated carbocycles. The van der Waals surface area contributed by atoms with Crippen molar-refractivity contribution in [1.82, 2.24) is 14.8 Å². The van der Waals surface area contributed by atoms with E-state index in [2.05, 4.69) is 10.1 Å². The van der Waals surface area contributed by atoms with Crippen LogP contribution in [-0.4, -0.2) is 19.7 Å². The fourth-order valence-electron chi connectivity index (χ4n) is 1.97. The first-order chi connectivity index (χ1) is 9.68. The first kappa shape index (κ1) is 14.9. The smallest absolute Gasteiger partial charge is 0.258 e. The molecule has 0 unspecified atom stereocenters. The quantitative estimate of drug-likeness (QED) is 0.645. The van der Waals surface area contributed by atoms with Gasteiger partial charge in [-0.25, -0.2) is 9.67 Å². The van der Waals surface area contributed by atoms with E-state index in [-0.39, 0.29) is 18.1 Å². The Balaban J connectivity index is 2.35. The van der Waals surface area contributed by atoms with Gasteiger partial charge in [0.2, 0.25) is 5.82 Å². The summed E-state index contributed by atoms with van der Waals surface area (Å²) in [6.45, 7) is 2.74. The lowest BCUT2D eigenvalue weighted by Crippen LogP contribution is -2.16. The van der Waals surface area contributed by atoms with Gasteiger partial charge in [-0.1, -0.05) is 6.07 Å². The molecule has 0 fully saturated rings. The molecule has 1 aromatic carbocycles. The maximum absolute atomic E-state index is 12.8. The molecule has 0 amide bonds. The van der Waals surface area contributed by atoms with Crippen molar-refractivity contribution in [2.75, 3.05) is 0 Å². The van der Waals surface area contributed by atoms with Crippen LogP contribution in [0, 0.1) is 24.0 Å².